The van der Waals surface area contributed by atoms with Crippen LogP contribution in [0.4, 0.5) is 10.1 Å². The van der Waals surface area contributed by atoms with Crippen LogP contribution in [-0.2, 0) is 9.59 Å². The smallest absolute Gasteiger partial charge is 0.300 e. The molecule has 1 atom stereocenters. The zero-order valence-corrected chi connectivity index (χ0v) is 20.0. The van der Waals surface area contributed by atoms with Crippen LogP contribution in [0.15, 0.2) is 66.2 Å². The number of aliphatic hydroxyl groups excluding tert-OH is 1. The Kier molecular flexibility index (Phi) is 6.60. The van der Waals surface area contributed by atoms with Crippen LogP contribution in [0.5, 0.6) is 11.5 Å². The van der Waals surface area contributed by atoms with Gasteiger partial charge in [0.25, 0.3) is 11.7 Å². The van der Waals surface area contributed by atoms with Gasteiger partial charge >= 0.3 is 0 Å². The van der Waals surface area contributed by atoms with Crippen LogP contribution < -0.4 is 14.4 Å². The summed E-state index contributed by atoms with van der Waals surface area (Å²) in [4.78, 5) is 28.0. The van der Waals surface area contributed by atoms with E-state index in [1.165, 1.54) is 36.3 Å². The number of aryl methyl sites for hydroxylation is 2. The second kappa shape index (κ2) is 9.62. The van der Waals surface area contributed by atoms with Gasteiger partial charge in [-0.2, -0.15) is 0 Å². The fourth-order valence-corrected chi connectivity index (χ4v) is 4.18. The molecular weight excluding hydrogens is 449 g/mol. The Bertz CT molecular complexity index is 1330. The molecule has 1 N–H and O–H groups in total. The molecule has 0 radical (unpaired) electrons. The fraction of sp³-hybridized carbons (Fsp3) is 0.214. The van der Waals surface area contributed by atoms with Crippen molar-refractivity contribution in [3.05, 3.63) is 94.3 Å². The number of carbonyl (C=O) groups is 2. The molecule has 1 fully saturated rings. The van der Waals surface area contributed by atoms with Crippen molar-refractivity contribution in [2.75, 3.05) is 18.6 Å². The first-order chi connectivity index (χ1) is 16.8. The summed E-state index contributed by atoms with van der Waals surface area (Å²) in [6, 6.07) is 14.8. The van der Waals surface area contributed by atoms with E-state index in [9.17, 15) is 19.1 Å². The highest BCUT2D eigenvalue weighted by Crippen LogP contribution is 2.44. The molecule has 7 heteroatoms. The van der Waals surface area contributed by atoms with E-state index in [2.05, 4.69) is 0 Å². The molecule has 3 aromatic rings. The summed E-state index contributed by atoms with van der Waals surface area (Å²) in [5, 5.41) is 11.2. The third kappa shape index (κ3) is 4.37. The number of methoxy groups -OCH3 is 1. The summed E-state index contributed by atoms with van der Waals surface area (Å²) in [6.45, 7) is 6.09. The molecule has 1 aliphatic heterocycles. The number of ketones is 1. The molecule has 4 rings (SSSR count). The molecule has 1 aliphatic rings. The van der Waals surface area contributed by atoms with Gasteiger partial charge in [-0.25, -0.2) is 4.39 Å². The van der Waals surface area contributed by atoms with E-state index in [-0.39, 0.29) is 16.9 Å². The molecule has 0 aromatic heterocycles. The number of anilines is 1. The van der Waals surface area contributed by atoms with Gasteiger partial charge < -0.3 is 14.6 Å². The SMILES string of the molecule is CCOc1cc(C2/C(=C(\O)c3ccc(F)cc3)C(=O)C(=O)N2c2ccc(C)c(C)c2)ccc1OC. The van der Waals surface area contributed by atoms with Crippen LogP contribution in [0.3, 0.4) is 0 Å². The second-order valence-corrected chi connectivity index (χ2v) is 8.29. The van der Waals surface area contributed by atoms with E-state index < -0.39 is 23.5 Å². The summed E-state index contributed by atoms with van der Waals surface area (Å²) >= 11 is 0. The number of Topliss-reactive ketones (excluding diaryl/α,β-unsaturated/α-hetero) is 1. The van der Waals surface area contributed by atoms with Gasteiger partial charge in [-0.15, -0.1) is 0 Å². The van der Waals surface area contributed by atoms with Gasteiger partial charge in [0.15, 0.2) is 11.5 Å². The highest BCUT2D eigenvalue weighted by atomic mass is 19.1. The van der Waals surface area contributed by atoms with Crippen molar-refractivity contribution >= 4 is 23.1 Å². The van der Waals surface area contributed by atoms with Crippen LogP contribution >= 0.6 is 0 Å². The molecular formula is C28H26FNO5. The number of benzene rings is 3. The van der Waals surface area contributed by atoms with Gasteiger partial charge in [0, 0.05) is 11.3 Å². The normalized spacial score (nSPS) is 17.1. The molecule has 1 unspecified atom stereocenters. The molecule has 0 aliphatic carbocycles. The highest BCUT2D eigenvalue weighted by Gasteiger charge is 2.47. The molecule has 6 nitrogen and oxygen atoms in total. The fourth-order valence-electron chi connectivity index (χ4n) is 4.18. The van der Waals surface area contributed by atoms with Crippen molar-refractivity contribution < 1.29 is 28.6 Å². The van der Waals surface area contributed by atoms with Gasteiger partial charge in [-0.1, -0.05) is 12.1 Å². The number of aliphatic hydroxyl groups is 1. The Hall–Kier alpha value is -4.13. The molecule has 1 amide bonds. The zero-order chi connectivity index (χ0) is 25.3. The number of carbonyl (C=O) groups excluding carboxylic acids is 2. The molecule has 1 heterocycles. The second-order valence-electron chi connectivity index (χ2n) is 8.29. The minimum Gasteiger partial charge on any atom is -0.507 e. The van der Waals surface area contributed by atoms with Crippen LogP contribution in [0, 0.1) is 19.7 Å². The van der Waals surface area contributed by atoms with E-state index in [0.29, 0.717) is 29.4 Å². The molecule has 1 saturated heterocycles. The van der Waals surface area contributed by atoms with Crippen LogP contribution in [-0.4, -0.2) is 30.5 Å². The highest BCUT2D eigenvalue weighted by molar-refractivity contribution is 6.51. The maximum absolute atomic E-state index is 13.5. The summed E-state index contributed by atoms with van der Waals surface area (Å²) in [5.74, 6) is -1.52. The molecule has 0 saturated carbocycles. The third-order valence-corrected chi connectivity index (χ3v) is 6.13. The number of rotatable bonds is 6. The summed E-state index contributed by atoms with van der Waals surface area (Å²) in [5.41, 5.74) is 3.20. The largest absolute Gasteiger partial charge is 0.507 e. The molecule has 0 bridgehead atoms. The van der Waals surface area contributed by atoms with Crippen molar-refractivity contribution in [3.63, 3.8) is 0 Å². The summed E-state index contributed by atoms with van der Waals surface area (Å²) in [7, 11) is 1.52. The van der Waals surface area contributed by atoms with E-state index in [1.807, 2.05) is 32.9 Å². The Morgan fingerprint density at radius 1 is 0.971 bits per heavy atom. The van der Waals surface area contributed by atoms with Gasteiger partial charge in [0.1, 0.15) is 11.6 Å². The van der Waals surface area contributed by atoms with Crippen molar-refractivity contribution in [1.82, 2.24) is 0 Å². The van der Waals surface area contributed by atoms with E-state index >= 15 is 0 Å². The molecule has 35 heavy (non-hydrogen) atoms. The van der Waals surface area contributed by atoms with Crippen LogP contribution in [0.25, 0.3) is 5.76 Å². The monoisotopic (exact) mass is 475 g/mol. The summed E-state index contributed by atoms with van der Waals surface area (Å²) in [6.07, 6.45) is 0. The van der Waals surface area contributed by atoms with Gasteiger partial charge in [-0.05, 0) is 86.0 Å². The van der Waals surface area contributed by atoms with Crippen LogP contribution in [0.1, 0.15) is 35.2 Å². The van der Waals surface area contributed by atoms with E-state index in [4.69, 9.17) is 9.47 Å². The lowest BCUT2D eigenvalue weighted by Crippen LogP contribution is -2.29. The molecule has 180 valence electrons. The number of halogens is 1. The van der Waals surface area contributed by atoms with E-state index in [0.717, 1.165) is 11.1 Å². The van der Waals surface area contributed by atoms with Crippen molar-refractivity contribution in [2.24, 2.45) is 0 Å². The van der Waals surface area contributed by atoms with Crippen molar-refractivity contribution in [1.29, 1.82) is 0 Å². The van der Waals surface area contributed by atoms with Crippen LogP contribution in [0.2, 0.25) is 0 Å². The number of hydrogen-bond donors (Lipinski definition) is 1. The Labute approximate surface area is 203 Å². The van der Waals surface area contributed by atoms with Gasteiger partial charge in [0.05, 0.1) is 25.3 Å². The predicted molar refractivity (Wildman–Crippen MR) is 131 cm³/mol. The Balaban J connectivity index is 1.97. The van der Waals surface area contributed by atoms with Gasteiger partial charge in [0.2, 0.25) is 0 Å². The minimum atomic E-state index is -0.938. The third-order valence-electron chi connectivity index (χ3n) is 6.13. The van der Waals surface area contributed by atoms with Crippen molar-refractivity contribution in [3.8, 4) is 11.5 Å². The maximum atomic E-state index is 13.5. The quantitative estimate of drug-likeness (QED) is 0.290. The summed E-state index contributed by atoms with van der Waals surface area (Å²) < 4.78 is 24.6. The Morgan fingerprint density at radius 3 is 2.31 bits per heavy atom. The number of amides is 1. The maximum Gasteiger partial charge on any atom is 0.300 e. The van der Waals surface area contributed by atoms with Crippen molar-refractivity contribution in [2.45, 2.75) is 26.8 Å². The average molecular weight is 476 g/mol. The first kappa shape index (κ1) is 24.0. The number of nitrogens with zero attached hydrogens (tertiary/aromatic N) is 1. The standard InChI is InChI=1S/C28H26FNO5/c1-5-35-23-15-19(9-13-22(23)34-4)25-24(26(31)18-7-10-20(29)11-8-18)27(32)28(33)30(25)21-12-6-16(2)17(3)14-21/h6-15,25,31H,5H2,1-4H3/b26-24+. The lowest BCUT2D eigenvalue weighted by Gasteiger charge is -2.26. The first-order valence-corrected chi connectivity index (χ1v) is 11.2. The lowest BCUT2D eigenvalue weighted by atomic mass is 9.94. The first-order valence-electron chi connectivity index (χ1n) is 11.2. The predicted octanol–water partition coefficient (Wildman–Crippen LogP) is 5.48. The topological polar surface area (TPSA) is 76.1 Å². The molecule has 0 spiro atoms. The lowest BCUT2D eigenvalue weighted by molar-refractivity contribution is -0.132. The minimum absolute atomic E-state index is 0.0903. The number of ether oxygens (including phenoxy) is 2. The van der Waals surface area contributed by atoms with Gasteiger partial charge in [-0.3, -0.25) is 14.5 Å². The number of hydrogen-bond acceptors (Lipinski definition) is 5. The molecule has 3 aromatic carbocycles. The Morgan fingerprint density at radius 2 is 1.69 bits per heavy atom. The zero-order valence-electron chi connectivity index (χ0n) is 20.0. The average Bonchev–Trinajstić information content (AvgIpc) is 3.11. The van der Waals surface area contributed by atoms with E-state index in [1.54, 1.807) is 24.3 Å².